The van der Waals surface area contributed by atoms with E-state index >= 15 is 0 Å². The van der Waals surface area contributed by atoms with Gasteiger partial charge < -0.3 is 14.9 Å². The lowest BCUT2D eigenvalue weighted by molar-refractivity contribution is 0.0390. The van der Waals surface area contributed by atoms with Gasteiger partial charge in [0.25, 0.3) is 0 Å². The molecular weight excluding hydrogens is 228 g/mol. The first-order valence-corrected chi connectivity index (χ1v) is 5.70. The minimum Gasteiger partial charge on any atom is -0.508 e. The van der Waals surface area contributed by atoms with E-state index in [0.29, 0.717) is 0 Å². The van der Waals surface area contributed by atoms with Crippen LogP contribution in [0.2, 0.25) is 0 Å². The fourth-order valence-electron chi connectivity index (χ4n) is 1.96. The predicted octanol–water partition coefficient (Wildman–Crippen LogP) is 3.01. The lowest BCUT2D eigenvalue weighted by Gasteiger charge is -2.29. The van der Waals surface area contributed by atoms with Crippen molar-refractivity contribution in [2.45, 2.75) is 12.5 Å². The number of ether oxygens (including phenoxy) is 1. The highest BCUT2D eigenvalue weighted by Crippen LogP contribution is 2.34. The molecule has 0 bridgehead atoms. The van der Waals surface area contributed by atoms with Crippen LogP contribution < -0.4 is 0 Å². The number of hydrogen-bond donors (Lipinski definition) is 2. The van der Waals surface area contributed by atoms with Crippen molar-refractivity contribution in [1.29, 1.82) is 0 Å². The molecule has 94 valence electrons. The Bertz CT molecular complexity index is 469. The Morgan fingerprint density at radius 3 is 1.39 bits per heavy atom. The number of hydrogen-bond acceptors (Lipinski definition) is 3. The molecule has 0 amide bonds. The van der Waals surface area contributed by atoms with Gasteiger partial charge in [0.05, 0.1) is 0 Å². The second-order valence-electron chi connectivity index (χ2n) is 4.33. The maximum Gasteiger partial charge on any atom is 0.115 e. The highest BCUT2D eigenvalue weighted by molar-refractivity contribution is 5.39. The van der Waals surface area contributed by atoms with Crippen molar-refractivity contribution in [3.63, 3.8) is 0 Å². The van der Waals surface area contributed by atoms with Crippen molar-refractivity contribution in [1.82, 2.24) is 0 Å². The summed E-state index contributed by atoms with van der Waals surface area (Å²) in [4.78, 5) is 0. The summed E-state index contributed by atoms with van der Waals surface area (Å²) in [6, 6.07) is 13.8. The molecule has 2 aromatic carbocycles. The van der Waals surface area contributed by atoms with E-state index < -0.39 is 5.60 Å². The van der Waals surface area contributed by atoms with Crippen molar-refractivity contribution in [3.05, 3.63) is 59.7 Å². The number of phenols is 2. The Hall–Kier alpha value is -2.00. The van der Waals surface area contributed by atoms with Crippen LogP contribution in [-0.4, -0.2) is 17.3 Å². The largest absolute Gasteiger partial charge is 0.508 e. The number of benzene rings is 2. The maximum absolute atomic E-state index is 9.33. The summed E-state index contributed by atoms with van der Waals surface area (Å²) < 4.78 is 5.63. The van der Waals surface area contributed by atoms with Gasteiger partial charge in [-0.25, -0.2) is 0 Å². The summed E-state index contributed by atoms with van der Waals surface area (Å²) in [5.41, 5.74) is 1.27. The lowest BCUT2D eigenvalue weighted by atomic mass is 9.88. The van der Waals surface area contributed by atoms with Gasteiger partial charge in [-0.3, -0.25) is 0 Å². The molecule has 18 heavy (non-hydrogen) atoms. The molecule has 0 heterocycles. The Labute approximate surface area is 106 Å². The molecule has 2 N–H and O–H groups in total. The molecular formula is C15H16O3. The van der Waals surface area contributed by atoms with Crippen molar-refractivity contribution < 1.29 is 14.9 Å². The van der Waals surface area contributed by atoms with Crippen LogP contribution in [0.5, 0.6) is 11.5 Å². The monoisotopic (exact) mass is 244 g/mol. The third kappa shape index (κ3) is 2.17. The number of methoxy groups -OCH3 is 1. The third-order valence-corrected chi connectivity index (χ3v) is 3.24. The average Bonchev–Trinajstić information content (AvgIpc) is 2.39. The van der Waals surface area contributed by atoms with E-state index in [1.54, 1.807) is 31.4 Å². The Morgan fingerprint density at radius 1 is 0.778 bits per heavy atom. The molecule has 2 rings (SSSR count). The molecule has 0 saturated carbocycles. The summed E-state index contributed by atoms with van der Waals surface area (Å²) in [6.07, 6.45) is 0. The molecule has 0 saturated heterocycles. The molecule has 3 heteroatoms. The zero-order chi connectivity index (χ0) is 13.2. The molecule has 0 unspecified atom stereocenters. The highest BCUT2D eigenvalue weighted by Gasteiger charge is 2.28. The van der Waals surface area contributed by atoms with Crippen LogP contribution >= 0.6 is 0 Å². The van der Waals surface area contributed by atoms with E-state index in [9.17, 15) is 10.2 Å². The quantitative estimate of drug-likeness (QED) is 0.872. The van der Waals surface area contributed by atoms with Gasteiger partial charge in [-0.15, -0.1) is 0 Å². The van der Waals surface area contributed by atoms with E-state index in [1.165, 1.54) is 0 Å². The number of aromatic hydroxyl groups is 2. The van der Waals surface area contributed by atoms with E-state index in [-0.39, 0.29) is 11.5 Å². The van der Waals surface area contributed by atoms with Crippen LogP contribution in [0.4, 0.5) is 0 Å². The molecule has 0 aliphatic heterocycles. The van der Waals surface area contributed by atoms with Crippen LogP contribution in [-0.2, 0) is 10.3 Å². The molecule has 0 aliphatic carbocycles. The van der Waals surface area contributed by atoms with Crippen LogP contribution in [0.25, 0.3) is 0 Å². The number of phenolic OH excluding ortho intramolecular Hbond substituents is 2. The van der Waals surface area contributed by atoms with E-state index in [2.05, 4.69) is 0 Å². The molecule has 0 aromatic heterocycles. The first kappa shape index (κ1) is 12.5. The van der Waals surface area contributed by atoms with Gasteiger partial charge in [0.15, 0.2) is 0 Å². The van der Waals surface area contributed by atoms with Crippen molar-refractivity contribution >= 4 is 0 Å². The standard InChI is InChI=1S/C15H16O3/c1-15(18-2,11-3-7-13(16)8-4-11)12-5-9-14(17)10-6-12/h3-10,16-17H,1-2H3. The van der Waals surface area contributed by atoms with Crippen molar-refractivity contribution in [2.75, 3.05) is 7.11 Å². The summed E-state index contributed by atoms with van der Waals surface area (Å²) >= 11 is 0. The normalized spacial score (nSPS) is 11.4. The molecule has 0 fully saturated rings. The van der Waals surface area contributed by atoms with Crippen LogP contribution in [0.1, 0.15) is 18.1 Å². The fourth-order valence-corrected chi connectivity index (χ4v) is 1.96. The Balaban J connectivity index is 2.47. The zero-order valence-electron chi connectivity index (χ0n) is 10.4. The summed E-state index contributed by atoms with van der Waals surface area (Å²) in [7, 11) is 1.64. The summed E-state index contributed by atoms with van der Waals surface area (Å²) in [5.74, 6) is 0.450. The van der Waals surface area contributed by atoms with E-state index in [4.69, 9.17) is 4.74 Å². The number of rotatable bonds is 3. The van der Waals surface area contributed by atoms with Crippen LogP contribution in [0, 0.1) is 0 Å². The van der Waals surface area contributed by atoms with Crippen LogP contribution in [0.15, 0.2) is 48.5 Å². The smallest absolute Gasteiger partial charge is 0.115 e. The van der Waals surface area contributed by atoms with Gasteiger partial charge in [-0.2, -0.15) is 0 Å². The fraction of sp³-hybridized carbons (Fsp3) is 0.200. The molecule has 0 spiro atoms. The van der Waals surface area contributed by atoms with Crippen molar-refractivity contribution in [3.8, 4) is 11.5 Å². The average molecular weight is 244 g/mol. The van der Waals surface area contributed by atoms with Gasteiger partial charge in [0.2, 0.25) is 0 Å². The molecule has 0 aliphatic rings. The third-order valence-electron chi connectivity index (χ3n) is 3.24. The minimum atomic E-state index is -0.610. The van der Waals surface area contributed by atoms with Gasteiger partial charge in [0.1, 0.15) is 17.1 Å². The Morgan fingerprint density at radius 2 is 1.11 bits per heavy atom. The molecule has 3 nitrogen and oxygen atoms in total. The summed E-state index contributed by atoms with van der Waals surface area (Å²) in [5, 5.41) is 18.7. The summed E-state index contributed by atoms with van der Waals surface area (Å²) in [6.45, 7) is 1.95. The maximum atomic E-state index is 9.33. The van der Waals surface area contributed by atoms with Gasteiger partial charge in [-0.1, -0.05) is 24.3 Å². The highest BCUT2D eigenvalue weighted by atomic mass is 16.5. The second-order valence-corrected chi connectivity index (χ2v) is 4.33. The topological polar surface area (TPSA) is 49.7 Å². The zero-order valence-corrected chi connectivity index (χ0v) is 10.4. The molecule has 2 aromatic rings. The first-order valence-electron chi connectivity index (χ1n) is 5.70. The molecule has 0 radical (unpaired) electrons. The van der Waals surface area contributed by atoms with E-state index in [1.807, 2.05) is 31.2 Å². The lowest BCUT2D eigenvalue weighted by Crippen LogP contribution is -2.25. The van der Waals surface area contributed by atoms with Crippen LogP contribution in [0.3, 0.4) is 0 Å². The SMILES string of the molecule is COC(C)(c1ccc(O)cc1)c1ccc(O)cc1. The van der Waals surface area contributed by atoms with E-state index in [0.717, 1.165) is 11.1 Å². The first-order chi connectivity index (χ1) is 8.56. The second kappa shape index (κ2) is 4.70. The van der Waals surface area contributed by atoms with Gasteiger partial charge in [0, 0.05) is 7.11 Å². The molecule has 0 atom stereocenters. The Kier molecular flexibility index (Phi) is 3.26. The minimum absolute atomic E-state index is 0.225. The van der Waals surface area contributed by atoms with Gasteiger partial charge >= 0.3 is 0 Å². The predicted molar refractivity (Wildman–Crippen MR) is 69.7 cm³/mol. The van der Waals surface area contributed by atoms with Crippen molar-refractivity contribution in [2.24, 2.45) is 0 Å². The van der Waals surface area contributed by atoms with Gasteiger partial charge in [-0.05, 0) is 42.3 Å².